The zero-order chi connectivity index (χ0) is 25.7. The van der Waals surface area contributed by atoms with Gasteiger partial charge in [0.2, 0.25) is 5.91 Å². The summed E-state index contributed by atoms with van der Waals surface area (Å²) in [7, 11) is 0. The fourth-order valence-corrected chi connectivity index (χ4v) is 4.40. The summed E-state index contributed by atoms with van der Waals surface area (Å²) in [6.45, 7) is 3.56. The molecule has 0 aliphatic rings. The van der Waals surface area contributed by atoms with E-state index in [1.165, 1.54) is 30.0 Å². The highest BCUT2D eigenvalue weighted by Gasteiger charge is 2.22. The van der Waals surface area contributed by atoms with Gasteiger partial charge >= 0.3 is 0 Å². The van der Waals surface area contributed by atoms with E-state index in [-0.39, 0.29) is 17.3 Å². The van der Waals surface area contributed by atoms with E-state index >= 15 is 0 Å². The molecule has 1 N–H and O–H groups in total. The number of thioether (sulfide) groups is 1. The number of nitrogens with one attached hydrogen (secondary N) is 1. The van der Waals surface area contributed by atoms with Crippen LogP contribution in [0.4, 0.5) is 11.4 Å². The molecule has 1 heterocycles. The number of ether oxygens (including phenoxy) is 1. The molecule has 36 heavy (non-hydrogen) atoms. The number of hydrogen-bond acceptors (Lipinski definition) is 7. The third-order valence-electron chi connectivity index (χ3n) is 5.20. The summed E-state index contributed by atoms with van der Waals surface area (Å²) in [5, 5.41) is 23.4. The summed E-state index contributed by atoms with van der Waals surface area (Å²) in [4.78, 5) is 23.1. The average molecular weight is 524 g/mol. The minimum atomic E-state index is -0.483. The van der Waals surface area contributed by atoms with E-state index in [4.69, 9.17) is 16.3 Å². The Morgan fingerprint density at radius 1 is 1.14 bits per heavy atom. The van der Waals surface area contributed by atoms with Crippen LogP contribution in [-0.4, -0.2) is 31.3 Å². The van der Waals surface area contributed by atoms with Gasteiger partial charge in [-0.15, -0.1) is 10.2 Å². The highest BCUT2D eigenvalue weighted by Crippen LogP contribution is 2.31. The van der Waals surface area contributed by atoms with Crippen molar-refractivity contribution in [3.63, 3.8) is 0 Å². The maximum atomic E-state index is 12.7. The summed E-state index contributed by atoms with van der Waals surface area (Å²) < 4.78 is 7.90. The second-order valence-electron chi connectivity index (χ2n) is 7.80. The van der Waals surface area contributed by atoms with E-state index in [0.717, 1.165) is 5.69 Å². The molecule has 9 nitrogen and oxygen atoms in total. The highest BCUT2D eigenvalue weighted by molar-refractivity contribution is 7.99. The van der Waals surface area contributed by atoms with E-state index < -0.39 is 11.0 Å². The molecule has 0 saturated heterocycles. The van der Waals surface area contributed by atoms with Crippen molar-refractivity contribution < 1.29 is 14.5 Å². The first-order valence-corrected chi connectivity index (χ1v) is 12.3. The number of aromatic nitrogens is 3. The average Bonchev–Trinajstić information content (AvgIpc) is 3.30. The fraction of sp³-hybridized carbons (Fsp3) is 0.160. The summed E-state index contributed by atoms with van der Waals surface area (Å²) in [6, 6.07) is 21.0. The van der Waals surface area contributed by atoms with Gasteiger partial charge < -0.3 is 10.1 Å². The van der Waals surface area contributed by atoms with Gasteiger partial charge in [-0.3, -0.25) is 19.5 Å². The number of rotatable bonds is 9. The smallest absolute Gasteiger partial charge is 0.269 e. The summed E-state index contributed by atoms with van der Waals surface area (Å²) >= 11 is 7.47. The SMILES string of the molecule is Cc1cc([N+](=O)[O-])ccc1NC(=O)CSc1nnc(C(C)Oc2ccccc2Cl)n1-c1ccccc1. The van der Waals surface area contributed by atoms with E-state index in [2.05, 4.69) is 15.5 Å². The van der Waals surface area contributed by atoms with Crippen molar-refractivity contribution in [3.8, 4) is 11.4 Å². The molecule has 184 valence electrons. The number of carbonyl (C=O) groups excluding carboxylic acids is 1. The van der Waals surface area contributed by atoms with E-state index in [1.807, 2.05) is 54.0 Å². The van der Waals surface area contributed by atoms with Crippen LogP contribution in [0.25, 0.3) is 5.69 Å². The van der Waals surface area contributed by atoms with Crippen molar-refractivity contribution >= 4 is 40.6 Å². The van der Waals surface area contributed by atoms with Gasteiger partial charge in [-0.25, -0.2) is 0 Å². The Labute approximate surface area is 216 Å². The lowest BCUT2D eigenvalue weighted by Gasteiger charge is -2.17. The first kappa shape index (κ1) is 25.2. The summed E-state index contributed by atoms with van der Waals surface area (Å²) in [6.07, 6.45) is -0.483. The van der Waals surface area contributed by atoms with Gasteiger partial charge in [0.1, 0.15) is 5.75 Å². The maximum absolute atomic E-state index is 12.7. The van der Waals surface area contributed by atoms with Crippen LogP contribution in [0.3, 0.4) is 0 Å². The number of hydrogen-bond donors (Lipinski definition) is 1. The number of halogens is 1. The van der Waals surface area contributed by atoms with Crippen LogP contribution in [-0.2, 0) is 4.79 Å². The number of para-hydroxylation sites is 2. The standard InChI is InChI=1S/C25H22ClN5O4S/c1-16-14-19(31(33)34)12-13-21(16)27-23(32)15-36-25-29-28-24(30(25)18-8-4-3-5-9-18)17(2)35-22-11-7-6-10-20(22)26/h3-14,17H,15H2,1-2H3,(H,27,32). The van der Waals surface area contributed by atoms with Crippen LogP contribution in [0.5, 0.6) is 5.75 Å². The quantitative estimate of drug-likeness (QED) is 0.162. The van der Waals surface area contributed by atoms with Crippen molar-refractivity contribution in [2.24, 2.45) is 0 Å². The lowest BCUT2D eigenvalue weighted by Crippen LogP contribution is -2.16. The molecule has 0 saturated carbocycles. The molecule has 1 atom stereocenters. The second-order valence-corrected chi connectivity index (χ2v) is 9.15. The largest absolute Gasteiger partial charge is 0.481 e. The monoisotopic (exact) mass is 523 g/mol. The van der Waals surface area contributed by atoms with Crippen molar-refractivity contribution in [1.82, 2.24) is 14.8 Å². The number of carbonyl (C=O) groups is 1. The lowest BCUT2D eigenvalue weighted by molar-refractivity contribution is -0.384. The number of nitro benzene ring substituents is 1. The molecular formula is C25H22ClN5O4S. The third kappa shape index (κ3) is 5.84. The Morgan fingerprint density at radius 3 is 2.56 bits per heavy atom. The first-order chi connectivity index (χ1) is 17.3. The van der Waals surface area contributed by atoms with Crippen LogP contribution in [0, 0.1) is 17.0 Å². The predicted molar refractivity (Wildman–Crippen MR) is 139 cm³/mol. The van der Waals surface area contributed by atoms with Crippen LogP contribution in [0.2, 0.25) is 5.02 Å². The molecule has 1 aromatic heterocycles. The molecule has 4 aromatic rings. The second kappa shape index (κ2) is 11.2. The number of benzene rings is 3. The lowest BCUT2D eigenvalue weighted by atomic mass is 10.2. The van der Waals surface area contributed by atoms with E-state index in [9.17, 15) is 14.9 Å². The molecular weight excluding hydrogens is 502 g/mol. The summed E-state index contributed by atoms with van der Waals surface area (Å²) in [5.74, 6) is 0.860. The first-order valence-electron chi connectivity index (χ1n) is 10.9. The number of nitrogens with zero attached hydrogens (tertiary/aromatic N) is 4. The van der Waals surface area contributed by atoms with Crippen molar-refractivity contribution in [2.75, 3.05) is 11.1 Å². The van der Waals surface area contributed by atoms with Crippen molar-refractivity contribution in [1.29, 1.82) is 0 Å². The number of aryl methyl sites for hydroxylation is 1. The minimum absolute atomic E-state index is 0.0310. The van der Waals surface area contributed by atoms with Crippen molar-refractivity contribution in [3.05, 3.63) is 99.3 Å². The van der Waals surface area contributed by atoms with E-state index in [1.54, 1.807) is 19.1 Å². The number of nitro groups is 1. The molecule has 0 spiro atoms. The summed E-state index contributed by atoms with van der Waals surface area (Å²) in [5.41, 5.74) is 1.90. The Hall–Kier alpha value is -3.89. The van der Waals surface area contributed by atoms with Gasteiger partial charge in [0.25, 0.3) is 5.69 Å². The molecule has 0 fully saturated rings. The molecule has 4 rings (SSSR count). The normalized spacial score (nSPS) is 11.6. The fourth-order valence-electron chi connectivity index (χ4n) is 3.46. The molecule has 0 bridgehead atoms. The Balaban J connectivity index is 1.53. The number of amides is 1. The topological polar surface area (TPSA) is 112 Å². The Bertz CT molecular complexity index is 1400. The van der Waals surface area contributed by atoms with Gasteiger partial charge in [0, 0.05) is 23.5 Å². The number of anilines is 1. The zero-order valence-corrected chi connectivity index (χ0v) is 21.0. The molecule has 3 aromatic carbocycles. The maximum Gasteiger partial charge on any atom is 0.269 e. The van der Waals surface area contributed by atoms with E-state index in [0.29, 0.717) is 33.0 Å². The zero-order valence-electron chi connectivity index (χ0n) is 19.4. The predicted octanol–water partition coefficient (Wildman–Crippen LogP) is 6.01. The molecule has 0 aliphatic carbocycles. The third-order valence-corrected chi connectivity index (χ3v) is 6.45. The molecule has 11 heteroatoms. The van der Waals surface area contributed by atoms with Gasteiger partial charge in [-0.05, 0) is 49.7 Å². The molecule has 0 radical (unpaired) electrons. The Kier molecular flexibility index (Phi) is 7.87. The highest BCUT2D eigenvalue weighted by atomic mass is 35.5. The van der Waals surface area contributed by atoms with Crippen LogP contribution < -0.4 is 10.1 Å². The van der Waals surface area contributed by atoms with Gasteiger partial charge in [-0.2, -0.15) is 0 Å². The van der Waals surface area contributed by atoms with Crippen LogP contribution >= 0.6 is 23.4 Å². The Morgan fingerprint density at radius 2 is 1.86 bits per heavy atom. The van der Waals surface area contributed by atoms with Gasteiger partial charge in [0.15, 0.2) is 17.1 Å². The van der Waals surface area contributed by atoms with Gasteiger partial charge in [-0.1, -0.05) is 53.7 Å². The molecule has 0 aliphatic heterocycles. The van der Waals surface area contributed by atoms with Crippen molar-refractivity contribution in [2.45, 2.75) is 25.1 Å². The van der Waals surface area contributed by atoms with Gasteiger partial charge in [0.05, 0.1) is 15.7 Å². The van der Waals surface area contributed by atoms with Crippen LogP contribution in [0.1, 0.15) is 24.4 Å². The minimum Gasteiger partial charge on any atom is -0.481 e. The molecule has 1 unspecified atom stereocenters. The number of non-ortho nitro benzene ring substituents is 1. The molecule has 1 amide bonds. The van der Waals surface area contributed by atoms with Crippen LogP contribution in [0.15, 0.2) is 78.0 Å².